The first-order valence-electron chi connectivity index (χ1n) is 5.85. The zero-order valence-corrected chi connectivity index (χ0v) is 9.43. The molecule has 2 rings (SSSR count). The van der Waals surface area contributed by atoms with Gasteiger partial charge in [0.05, 0.1) is 0 Å². The highest BCUT2D eigenvalue weighted by Gasteiger charge is 2.64. The van der Waals surface area contributed by atoms with Crippen LogP contribution in [0.3, 0.4) is 0 Å². The summed E-state index contributed by atoms with van der Waals surface area (Å²) < 4.78 is 0. The minimum atomic E-state index is 0.742. The van der Waals surface area contributed by atoms with Gasteiger partial charge in [-0.05, 0) is 42.6 Å². The van der Waals surface area contributed by atoms with Crippen LogP contribution in [0.15, 0.2) is 0 Å². The maximum Gasteiger partial charge on any atom is 0.0101 e. The van der Waals surface area contributed by atoms with Crippen molar-refractivity contribution in [3.63, 3.8) is 0 Å². The third kappa shape index (κ3) is 1.24. The van der Waals surface area contributed by atoms with Crippen LogP contribution in [0.5, 0.6) is 0 Å². The van der Waals surface area contributed by atoms with Crippen LogP contribution in [-0.2, 0) is 0 Å². The predicted molar refractivity (Wildman–Crippen MR) is 56.6 cm³/mol. The standard InChI is InChI=1S/C12H23N/c1-5-13-11-7-12(8(2)3)6-10(12)9(11)4/h8-11,13H,5-7H2,1-4H3. The topological polar surface area (TPSA) is 12.0 Å². The molecule has 0 aromatic heterocycles. The molecule has 2 saturated carbocycles. The SMILES string of the molecule is CCNC1CC2(C(C)C)CC2C1C. The Hall–Kier alpha value is -0.0400. The van der Waals surface area contributed by atoms with E-state index >= 15 is 0 Å². The summed E-state index contributed by atoms with van der Waals surface area (Å²) in [6, 6.07) is 0.811. The molecule has 4 unspecified atom stereocenters. The van der Waals surface area contributed by atoms with Gasteiger partial charge in [0.15, 0.2) is 0 Å². The molecule has 76 valence electrons. The highest BCUT2D eigenvalue weighted by molar-refractivity contribution is 5.15. The molecular formula is C12H23N. The molecule has 1 heteroatoms. The van der Waals surface area contributed by atoms with Gasteiger partial charge < -0.3 is 5.32 Å². The van der Waals surface area contributed by atoms with E-state index in [1.807, 2.05) is 0 Å². The summed E-state index contributed by atoms with van der Waals surface area (Å²) in [5.41, 5.74) is 0.742. The second-order valence-electron chi connectivity index (χ2n) is 5.43. The van der Waals surface area contributed by atoms with Gasteiger partial charge in [0, 0.05) is 6.04 Å². The summed E-state index contributed by atoms with van der Waals surface area (Å²) >= 11 is 0. The lowest BCUT2D eigenvalue weighted by Gasteiger charge is -2.22. The van der Waals surface area contributed by atoms with Crippen LogP contribution in [0.4, 0.5) is 0 Å². The first-order valence-corrected chi connectivity index (χ1v) is 5.85. The van der Waals surface area contributed by atoms with Crippen LogP contribution in [-0.4, -0.2) is 12.6 Å². The molecule has 13 heavy (non-hydrogen) atoms. The van der Waals surface area contributed by atoms with E-state index in [0.717, 1.165) is 35.8 Å². The van der Waals surface area contributed by atoms with Crippen molar-refractivity contribution in [2.75, 3.05) is 6.54 Å². The molecule has 0 bridgehead atoms. The van der Waals surface area contributed by atoms with Crippen molar-refractivity contribution >= 4 is 0 Å². The molecule has 0 aliphatic heterocycles. The van der Waals surface area contributed by atoms with Crippen molar-refractivity contribution in [1.82, 2.24) is 5.32 Å². The van der Waals surface area contributed by atoms with Gasteiger partial charge in [0.2, 0.25) is 0 Å². The predicted octanol–water partition coefficient (Wildman–Crippen LogP) is 2.67. The Bertz CT molecular complexity index is 199. The fourth-order valence-electron chi connectivity index (χ4n) is 3.59. The number of hydrogen-bond acceptors (Lipinski definition) is 1. The zero-order valence-electron chi connectivity index (χ0n) is 9.43. The van der Waals surface area contributed by atoms with E-state index in [2.05, 4.69) is 33.0 Å². The molecule has 0 saturated heterocycles. The third-order valence-electron chi connectivity index (χ3n) is 4.66. The van der Waals surface area contributed by atoms with Crippen molar-refractivity contribution in [3.8, 4) is 0 Å². The van der Waals surface area contributed by atoms with E-state index in [1.54, 1.807) is 0 Å². The van der Waals surface area contributed by atoms with Gasteiger partial charge in [0.1, 0.15) is 0 Å². The molecule has 0 heterocycles. The lowest BCUT2D eigenvalue weighted by Crippen LogP contribution is -2.33. The first kappa shape index (κ1) is 9.51. The Morgan fingerprint density at radius 1 is 1.38 bits per heavy atom. The van der Waals surface area contributed by atoms with Crippen LogP contribution in [0, 0.1) is 23.2 Å². The maximum atomic E-state index is 3.63. The van der Waals surface area contributed by atoms with E-state index in [9.17, 15) is 0 Å². The summed E-state index contributed by atoms with van der Waals surface area (Å²) in [6.45, 7) is 10.6. The molecule has 0 aromatic carbocycles. The lowest BCUT2D eigenvalue weighted by molar-refractivity contribution is 0.321. The van der Waals surface area contributed by atoms with Crippen molar-refractivity contribution in [1.29, 1.82) is 0 Å². The van der Waals surface area contributed by atoms with Crippen molar-refractivity contribution in [2.45, 2.75) is 46.6 Å². The molecule has 1 nitrogen and oxygen atoms in total. The molecule has 0 aromatic rings. The first-order chi connectivity index (χ1) is 6.12. The van der Waals surface area contributed by atoms with Crippen LogP contribution >= 0.6 is 0 Å². The van der Waals surface area contributed by atoms with Crippen LogP contribution < -0.4 is 5.32 Å². The smallest absolute Gasteiger partial charge is 0.0101 e. The van der Waals surface area contributed by atoms with Gasteiger partial charge in [-0.2, -0.15) is 0 Å². The monoisotopic (exact) mass is 181 g/mol. The summed E-state index contributed by atoms with van der Waals surface area (Å²) in [4.78, 5) is 0. The summed E-state index contributed by atoms with van der Waals surface area (Å²) in [5.74, 6) is 2.85. The number of fused-ring (bicyclic) bond motifs is 1. The van der Waals surface area contributed by atoms with Crippen molar-refractivity contribution < 1.29 is 0 Å². The molecule has 0 spiro atoms. The minimum Gasteiger partial charge on any atom is -0.314 e. The van der Waals surface area contributed by atoms with E-state index in [4.69, 9.17) is 0 Å². The molecular weight excluding hydrogens is 158 g/mol. The Morgan fingerprint density at radius 2 is 2.08 bits per heavy atom. The normalized spacial score (nSPS) is 48.2. The Kier molecular flexibility index (Phi) is 2.18. The van der Waals surface area contributed by atoms with Crippen molar-refractivity contribution in [3.05, 3.63) is 0 Å². The van der Waals surface area contributed by atoms with Crippen LogP contribution in [0.2, 0.25) is 0 Å². The quantitative estimate of drug-likeness (QED) is 0.706. The third-order valence-corrected chi connectivity index (χ3v) is 4.66. The Balaban J connectivity index is 2.02. The van der Waals surface area contributed by atoms with E-state index in [-0.39, 0.29) is 0 Å². The Labute approximate surface area is 82.3 Å². The van der Waals surface area contributed by atoms with Crippen molar-refractivity contribution in [2.24, 2.45) is 23.2 Å². The average molecular weight is 181 g/mol. The molecule has 2 fully saturated rings. The maximum absolute atomic E-state index is 3.63. The van der Waals surface area contributed by atoms with E-state index in [1.165, 1.54) is 12.8 Å². The molecule has 1 N–H and O–H groups in total. The Morgan fingerprint density at radius 3 is 2.54 bits per heavy atom. The van der Waals surface area contributed by atoms with E-state index < -0.39 is 0 Å². The highest BCUT2D eigenvalue weighted by atomic mass is 15.0. The number of rotatable bonds is 3. The van der Waals surface area contributed by atoms with Gasteiger partial charge in [-0.3, -0.25) is 0 Å². The fraction of sp³-hybridized carbons (Fsp3) is 1.00. The second-order valence-corrected chi connectivity index (χ2v) is 5.43. The largest absolute Gasteiger partial charge is 0.314 e. The zero-order chi connectivity index (χ0) is 9.64. The molecule has 2 aliphatic rings. The lowest BCUT2D eigenvalue weighted by atomic mass is 9.89. The van der Waals surface area contributed by atoms with Gasteiger partial charge in [-0.25, -0.2) is 0 Å². The molecule has 4 atom stereocenters. The van der Waals surface area contributed by atoms with Gasteiger partial charge >= 0.3 is 0 Å². The highest BCUT2D eigenvalue weighted by Crippen LogP contribution is 2.69. The molecule has 2 aliphatic carbocycles. The fourth-order valence-corrected chi connectivity index (χ4v) is 3.59. The van der Waals surface area contributed by atoms with Crippen LogP contribution in [0.1, 0.15) is 40.5 Å². The van der Waals surface area contributed by atoms with Gasteiger partial charge in [-0.1, -0.05) is 27.7 Å². The van der Waals surface area contributed by atoms with Gasteiger partial charge in [0.25, 0.3) is 0 Å². The summed E-state index contributed by atoms with van der Waals surface area (Å²) in [5, 5.41) is 3.63. The summed E-state index contributed by atoms with van der Waals surface area (Å²) in [6.07, 6.45) is 2.94. The van der Waals surface area contributed by atoms with E-state index in [0.29, 0.717) is 0 Å². The summed E-state index contributed by atoms with van der Waals surface area (Å²) in [7, 11) is 0. The van der Waals surface area contributed by atoms with Gasteiger partial charge in [-0.15, -0.1) is 0 Å². The second kappa shape index (κ2) is 2.98. The average Bonchev–Trinajstić information content (AvgIpc) is 2.73. The van der Waals surface area contributed by atoms with Crippen LogP contribution in [0.25, 0.3) is 0 Å². The minimum absolute atomic E-state index is 0.742. The number of hydrogen-bond donors (Lipinski definition) is 1. The molecule has 0 amide bonds. The molecule has 0 radical (unpaired) electrons. The number of nitrogens with one attached hydrogen (secondary N) is 1.